The zero-order valence-electron chi connectivity index (χ0n) is 14.3. The van der Waals surface area contributed by atoms with Crippen LogP contribution >= 0.6 is 12.4 Å². The third-order valence-electron chi connectivity index (χ3n) is 4.40. The molecule has 130 valence electrons. The SMILES string of the molecule is CC(C)(C)c1ccc(OCC(=O)NC2CCCC2CN)cc1.Cl. The Labute approximate surface area is 145 Å². The average Bonchev–Trinajstić information content (AvgIpc) is 2.92. The molecule has 0 radical (unpaired) electrons. The number of ether oxygens (including phenoxy) is 1. The molecule has 0 aromatic heterocycles. The standard InChI is InChI=1S/C18H28N2O2.ClH/c1-18(2,3)14-7-9-15(10-8-14)22-12-17(21)20-16-6-4-5-13(16)11-19;/h7-10,13,16H,4-6,11-12,19H2,1-3H3,(H,20,21);1H. The van der Waals surface area contributed by atoms with Crippen LogP contribution in [0.4, 0.5) is 0 Å². The Morgan fingerprint density at radius 1 is 1.26 bits per heavy atom. The van der Waals surface area contributed by atoms with Crippen LogP contribution in [-0.4, -0.2) is 25.1 Å². The average molecular weight is 341 g/mol. The number of nitrogens with two attached hydrogens (primary N) is 1. The third-order valence-corrected chi connectivity index (χ3v) is 4.40. The molecule has 1 aromatic carbocycles. The van der Waals surface area contributed by atoms with Gasteiger partial charge in [-0.15, -0.1) is 12.4 Å². The molecule has 0 spiro atoms. The molecule has 2 atom stereocenters. The van der Waals surface area contributed by atoms with E-state index in [9.17, 15) is 4.79 Å². The van der Waals surface area contributed by atoms with Gasteiger partial charge in [0.05, 0.1) is 0 Å². The topological polar surface area (TPSA) is 64.3 Å². The summed E-state index contributed by atoms with van der Waals surface area (Å²) in [4.78, 5) is 12.0. The Morgan fingerprint density at radius 3 is 2.48 bits per heavy atom. The number of hydrogen-bond donors (Lipinski definition) is 2. The summed E-state index contributed by atoms with van der Waals surface area (Å²) in [6, 6.07) is 8.16. The quantitative estimate of drug-likeness (QED) is 0.866. The van der Waals surface area contributed by atoms with E-state index in [1.165, 1.54) is 5.56 Å². The Hall–Kier alpha value is -1.26. The molecule has 0 bridgehead atoms. The van der Waals surface area contributed by atoms with Crippen LogP contribution in [0, 0.1) is 5.92 Å². The smallest absolute Gasteiger partial charge is 0.258 e. The fourth-order valence-electron chi connectivity index (χ4n) is 2.96. The molecule has 23 heavy (non-hydrogen) atoms. The van der Waals surface area contributed by atoms with Crippen molar-refractivity contribution in [2.24, 2.45) is 11.7 Å². The second-order valence-corrected chi connectivity index (χ2v) is 7.16. The van der Waals surface area contributed by atoms with Crippen molar-refractivity contribution in [1.82, 2.24) is 5.32 Å². The maximum Gasteiger partial charge on any atom is 0.258 e. The van der Waals surface area contributed by atoms with Gasteiger partial charge in [-0.1, -0.05) is 39.3 Å². The summed E-state index contributed by atoms with van der Waals surface area (Å²) in [6.07, 6.45) is 3.27. The summed E-state index contributed by atoms with van der Waals surface area (Å²) in [5, 5.41) is 3.04. The van der Waals surface area contributed by atoms with E-state index in [0.717, 1.165) is 25.0 Å². The lowest BCUT2D eigenvalue weighted by Gasteiger charge is -2.20. The number of amides is 1. The highest BCUT2D eigenvalue weighted by Gasteiger charge is 2.27. The summed E-state index contributed by atoms with van der Waals surface area (Å²) in [5.41, 5.74) is 7.10. The molecule has 4 nitrogen and oxygen atoms in total. The van der Waals surface area contributed by atoms with Gasteiger partial charge in [-0.05, 0) is 48.4 Å². The first-order chi connectivity index (χ1) is 10.4. The van der Waals surface area contributed by atoms with Crippen molar-refractivity contribution in [3.05, 3.63) is 29.8 Å². The molecule has 5 heteroatoms. The van der Waals surface area contributed by atoms with Crippen LogP contribution in [0.2, 0.25) is 0 Å². The Kier molecular flexibility index (Phi) is 7.36. The van der Waals surface area contributed by atoms with Gasteiger partial charge in [0.25, 0.3) is 5.91 Å². The monoisotopic (exact) mass is 340 g/mol. The molecule has 1 amide bonds. The molecule has 0 aliphatic heterocycles. The van der Waals surface area contributed by atoms with Gasteiger partial charge in [0.15, 0.2) is 6.61 Å². The van der Waals surface area contributed by atoms with Gasteiger partial charge in [-0.25, -0.2) is 0 Å². The lowest BCUT2D eigenvalue weighted by molar-refractivity contribution is -0.124. The number of carbonyl (C=O) groups is 1. The van der Waals surface area contributed by atoms with E-state index in [4.69, 9.17) is 10.5 Å². The highest BCUT2D eigenvalue weighted by molar-refractivity contribution is 5.85. The number of nitrogens with one attached hydrogen (secondary N) is 1. The minimum Gasteiger partial charge on any atom is -0.484 e. The second kappa shape index (κ2) is 8.55. The van der Waals surface area contributed by atoms with Crippen molar-refractivity contribution in [2.75, 3.05) is 13.2 Å². The van der Waals surface area contributed by atoms with Gasteiger partial charge in [-0.2, -0.15) is 0 Å². The van der Waals surface area contributed by atoms with Gasteiger partial charge in [0.2, 0.25) is 0 Å². The predicted octanol–water partition coefficient (Wildman–Crippen LogP) is 3.03. The third kappa shape index (κ3) is 5.70. The fraction of sp³-hybridized carbons (Fsp3) is 0.611. The number of hydrogen-bond acceptors (Lipinski definition) is 3. The van der Waals surface area contributed by atoms with Crippen LogP contribution < -0.4 is 15.8 Å². The first-order valence-electron chi connectivity index (χ1n) is 8.13. The zero-order valence-corrected chi connectivity index (χ0v) is 15.1. The van der Waals surface area contributed by atoms with Crippen molar-refractivity contribution in [3.63, 3.8) is 0 Å². The number of benzene rings is 1. The lowest BCUT2D eigenvalue weighted by Crippen LogP contribution is -2.42. The van der Waals surface area contributed by atoms with Crippen molar-refractivity contribution in [3.8, 4) is 5.75 Å². The van der Waals surface area contributed by atoms with Crippen LogP contribution in [0.3, 0.4) is 0 Å². The fourth-order valence-corrected chi connectivity index (χ4v) is 2.96. The van der Waals surface area contributed by atoms with E-state index >= 15 is 0 Å². The van der Waals surface area contributed by atoms with Crippen molar-refractivity contribution >= 4 is 18.3 Å². The number of halogens is 1. The molecule has 1 aromatic rings. The number of carbonyl (C=O) groups excluding carboxylic acids is 1. The Balaban J connectivity index is 0.00000264. The summed E-state index contributed by atoms with van der Waals surface area (Å²) >= 11 is 0. The van der Waals surface area contributed by atoms with Crippen LogP contribution in [0.5, 0.6) is 5.75 Å². The Bertz CT molecular complexity index is 497. The van der Waals surface area contributed by atoms with Crippen LogP contribution in [0.25, 0.3) is 0 Å². The molecule has 2 rings (SSSR count). The van der Waals surface area contributed by atoms with E-state index in [2.05, 4.69) is 38.2 Å². The van der Waals surface area contributed by atoms with E-state index in [-0.39, 0.29) is 36.4 Å². The van der Waals surface area contributed by atoms with Gasteiger partial charge in [-0.3, -0.25) is 4.79 Å². The molecule has 1 fully saturated rings. The summed E-state index contributed by atoms with van der Waals surface area (Å²) in [5.74, 6) is 1.07. The minimum atomic E-state index is -0.0646. The summed E-state index contributed by atoms with van der Waals surface area (Å²) in [7, 11) is 0. The zero-order chi connectivity index (χ0) is 16.2. The van der Waals surface area contributed by atoms with Crippen LogP contribution in [-0.2, 0) is 10.2 Å². The summed E-state index contributed by atoms with van der Waals surface area (Å²) in [6.45, 7) is 7.21. The maximum absolute atomic E-state index is 12.0. The molecule has 0 heterocycles. The largest absolute Gasteiger partial charge is 0.484 e. The minimum absolute atomic E-state index is 0. The Morgan fingerprint density at radius 2 is 1.91 bits per heavy atom. The van der Waals surface area contributed by atoms with Gasteiger partial charge in [0.1, 0.15) is 5.75 Å². The van der Waals surface area contributed by atoms with Crippen LogP contribution in [0.1, 0.15) is 45.6 Å². The van der Waals surface area contributed by atoms with Crippen LogP contribution in [0.15, 0.2) is 24.3 Å². The normalized spacial score (nSPS) is 20.7. The maximum atomic E-state index is 12.0. The van der Waals surface area contributed by atoms with E-state index in [1.54, 1.807) is 0 Å². The van der Waals surface area contributed by atoms with E-state index in [0.29, 0.717) is 12.5 Å². The predicted molar refractivity (Wildman–Crippen MR) is 96.2 cm³/mol. The van der Waals surface area contributed by atoms with E-state index in [1.807, 2.05) is 12.1 Å². The molecule has 2 unspecified atom stereocenters. The van der Waals surface area contributed by atoms with Crippen molar-refractivity contribution < 1.29 is 9.53 Å². The van der Waals surface area contributed by atoms with Crippen molar-refractivity contribution in [2.45, 2.75) is 51.5 Å². The molecule has 1 aliphatic carbocycles. The molecular weight excluding hydrogens is 312 g/mol. The lowest BCUT2D eigenvalue weighted by atomic mass is 9.87. The molecular formula is C18H29ClN2O2. The van der Waals surface area contributed by atoms with Gasteiger partial charge >= 0.3 is 0 Å². The van der Waals surface area contributed by atoms with E-state index < -0.39 is 0 Å². The molecule has 3 N–H and O–H groups in total. The summed E-state index contributed by atoms with van der Waals surface area (Å²) < 4.78 is 5.57. The molecule has 1 saturated carbocycles. The van der Waals surface area contributed by atoms with Gasteiger partial charge in [0, 0.05) is 6.04 Å². The first kappa shape index (κ1) is 19.8. The second-order valence-electron chi connectivity index (χ2n) is 7.16. The molecule has 0 saturated heterocycles. The number of rotatable bonds is 5. The van der Waals surface area contributed by atoms with Crippen molar-refractivity contribution in [1.29, 1.82) is 0 Å². The van der Waals surface area contributed by atoms with Gasteiger partial charge < -0.3 is 15.8 Å². The highest BCUT2D eigenvalue weighted by atomic mass is 35.5. The molecule has 1 aliphatic rings. The first-order valence-corrected chi connectivity index (χ1v) is 8.13. The highest BCUT2D eigenvalue weighted by Crippen LogP contribution is 2.25.